The van der Waals surface area contributed by atoms with E-state index in [1.165, 1.54) is 6.07 Å². The summed E-state index contributed by atoms with van der Waals surface area (Å²) in [5, 5.41) is 0. The Morgan fingerprint density at radius 3 is 2.11 bits per heavy atom. The van der Waals surface area contributed by atoms with E-state index < -0.39 is 12.1 Å². The normalized spacial score (nSPS) is 12.1. The van der Waals surface area contributed by atoms with Gasteiger partial charge < -0.3 is 4.74 Å². The second-order valence-electron chi connectivity index (χ2n) is 4.99. The fourth-order valence-electron chi connectivity index (χ4n) is 1.63. The van der Waals surface area contributed by atoms with Gasteiger partial charge in [0.2, 0.25) is 0 Å². The molecule has 0 saturated carbocycles. The standard InChI is InChI=1S/C14H17F3O2/c1-8(2)10-5-6-11(9(3)4)12(7-10)19-13(18)14(15,16)17/h5-9H,1-4H3. The van der Waals surface area contributed by atoms with Crippen molar-refractivity contribution in [3.8, 4) is 5.75 Å². The van der Waals surface area contributed by atoms with Crippen molar-refractivity contribution in [3.63, 3.8) is 0 Å². The number of esters is 1. The number of benzene rings is 1. The smallest absolute Gasteiger partial charge is 0.420 e. The highest BCUT2D eigenvalue weighted by Gasteiger charge is 2.41. The van der Waals surface area contributed by atoms with Crippen molar-refractivity contribution in [1.29, 1.82) is 0 Å². The van der Waals surface area contributed by atoms with Crippen LogP contribution in [-0.2, 0) is 4.79 Å². The van der Waals surface area contributed by atoms with Crippen LogP contribution in [0.4, 0.5) is 13.2 Å². The summed E-state index contributed by atoms with van der Waals surface area (Å²) in [6.45, 7) is 7.49. The molecule has 0 aliphatic rings. The van der Waals surface area contributed by atoms with Gasteiger partial charge in [-0.2, -0.15) is 13.2 Å². The number of alkyl halides is 3. The first-order valence-electron chi connectivity index (χ1n) is 6.05. The Morgan fingerprint density at radius 2 is 1.68 bits per heavy atom. The topological polar surface area (TPSA) is 26.3 Å². The summed E-state index contributed by atoms with van der Waals surface area (Å²) in [6.07, 6.45) is -4.98. The zero-order valence-electron chi connectivity index (χ0n) is 11.3. The number of ether oxygens (including phenoxy) is 1. The Morgan fingerprint density at radius 1 is 1.11 bits per heavy atom. The highest BCUT2D eigenvalue weighted by Crippen LogP contribution is 2.31. The Bertz CT molecular complexity index is 462. The third kappa shape index (κ3) is 3.98. The zero-order valence-corrected chi connectivity index (χ0v) is 11.3. The molecule has 2 nitrogen and oxygen atoms in total. The van der Waals surface area contributed by atoms with Gasteiger partial charge in [0.05, 0.1) is 0 Å². The number of carbonyl (C=O) groups excluding carboxylic acids is 1. The maximum Gasteiger partial charge on any atom is 0.491 e. The average Bonchev–Trinajstić information content (AvgIpc) is 2.27. The summed E-state index contributed by atoms with van der Waals surface area (Å²) in [4.78, 5) is 10.9. The molecule has 19 heavy (non-hydrogen) atoms. The number of hydrogen-bond donors (Lipinski definition) is 0. The van der Waals surface area contributed by atoms with Crippen molar-refractivity contribution < 1.29 is 22.7 Å². The summed E-state index contributed by atoms with van der Waals surface area (Å²) < 4.78 is 41.3. The molecule has 0 saturated heterocycles. The minimum absolute atomic E-state index is 0.0106. The van der Waals surface area contributed by atoms with E-state index in [0.29, 0.717) is 5.56 Å². The molecule has 0 bridgehead atoms. The second kappa shape index (κ2) is 5.63. The monoisotopic (exact) mass is 274 g/mol. The van der Waals surface area contributed by atoms with Crippen molar-refractivity contribution in [1.82, 2.24) is 0 Å². The number of hydrogen-bond acceptors (Lipinski definition) is 2. The van der Waals surface area contributed by atoms with Gasteiger partial charge in [0.15, 0.2) is 0 Å². The molecule has 0 aliphatic carbocycles. The van der Waals surface area contributed by atoms with E-state index in [1.54, 1.807) is 6.07 Å². The third-order valence-electron chi connectivity index (χ3n) is 2.76. The highest BCUT2D eigenvalue weighted by molar-refractivity contribution is 5.78. The number of carbonyl (C=O) groups is 1. The van der Waals surface area contributed by atoms with Gasteiger partial charge in [-0.1, -0.05) is 39.8 Å². The van der Waals surface area contributed by atoms with Gasteiger partial charge in [0.25, 0.3) is 0 Å². The minimum atomic E-state index is -4.98. The van der Waals surface area contributed by atoms with Crippen molar-refractivity contribution in [2.75, 3.05) is 0 Å². The lowest BCUT2D eigenvalue weighted by Crippen LogP contribution is -2.28. The Labute approximate surface area is 110 Å². The lowest BCUT2D eigenvalue weighted by molar-refractivity contribution is -0.189. The number of rotatable bonds is 3. The molecule has 0 aromatic heterocycles. The predicted octanol–water partition coefficient (Wildman–Crippen LogP) is 4.40. The average molecular weight is 274 g/mol. The zero-order chi connectivity index (χ0) is 14.8. The lowest BCUT2D eigenvalue weighted by Gasteiger charge is -2.16. The van der Waals surface area contributed by atoms with Gasteiger partial charge in [-0.3, -0.25) is 0 Å². The molecule has 0 N–H and O–H groups in total. The molecule has 0 spiro atoms. The SMILES string of the molecule is CC(C)c1ccc(C(C)C)c(OC(=O)C(F)(F)F)c1. The molecule has 1 aromatic rings. The summed E-state index contributed by atoms with van der Waals surface area (Å²) in [7, 11) is 0. The van der Waals surface area contributed by atoms with Crippen molar-refractivity contribution in [2.24, 2.45) is 0 Å². The van der Waals surface area contributed by atoms with Crippen LogP contribution < -0.4 is 4.74 Å². The van der Waals surface area contributed by atoms with Crippen LogP contribution in [0.5, 0.6) is 5.75 Å². The molecule has 1 rings (SSSR count). The summed E-state index contributed by atoms with van der Waals surface area (Å²) in [5.74, 6) is -2.08. The largest absolute Gasteiger partial charge is 0.491 e. The molecular weight excluding hydrogens is 257 g/mol. The molecule has 0 radical (unpaired) electrons. The van der Waals surface area contributed by atoms with Crippen LogP contribution in [0.2, 0.25) is 0 Å². The Hall–Kier alpha value is -1.52. The maximum absolute atomic E-state index is 12.3. The first kappa shape index (κ1) is 15.5. The van der Waals surface area contributed by atoms with Gasteiger partial charge in [-0.25, -0.2) is 4.79 Å². The molecular formula is C14H17F3O2. The maximum atomic E-state index is 12.3. The molecule has 0 atom stereocenters. The van der Waals surface area contributed by atoms with Crippen molar-refractivity contribution in [3.05, 3.63) is 29.3 Å². The Kier molecular flexibility index (Phi) is 4.61. The molecule has 106 valence electrons. The van der Waals surface area contributed by atoms with Crippen molar-refractivity contribution >= 4 is 5.97 Å². The van der Waals surface area contributed by atoms with Gasteiger partial charge in [-0.15, -0.1) is 0 Å². The van der Waals surface area contributed by atoms with Crippen LogP contribution in [0.25, 0.3) is 0 Å². The summed E-state index contributed by atoms with van der Waals surface area (Å²) in [5.41, 5.74) is 1.41. The van der Waals surface area contributed by atoms with Crippen LogP contribution in [0, 0.1) is 0 Å². The summed E-state index contributed by atoms with van der Waals surface area (Å²) >= 11 is 0. The van der Waals surface area contributed by atoms with Crippen molar-refractivity contribution in [2.45, 2.75) is 45.7 Å². The van der Waals surface area contributed by atoms with E-state index in [4.69, 9.17) is 0 Å². The second-order valence-corrected chi connectivity index (χ2v) is 4.99. The first-order valence-corrected chi connectivity index (χ1v) is 6.05. The fraction of sp³-hybridized carbons (Fsp3) is 0.500. The lowest BCUT2D eigenvalue weighted by atomic mass is 9.96. The van der Waals surface area contributed by atoms with E-state index in [2.05, 4.69) is 4.74 Å². The number of halogens is 3. The molecule has 0 unspecified atom stereocenters. The predicted molar refractivity (Wildman–Crippen MR) is 66.3 cm³/mol. The Balaban J connectivity index is 3.15. The van der Waals surface area contributed by atoms with Gasteiger partial charge >= 0.3 is 12.1 Å². The molecule has 0 fully saturated rings. The quantitative estimate of drug-likeness (QED) is 0.603. The first-order chi connectivity index (χ1) is 8.62. The van der Waals surface area contributed by atoms with E-state index in [9.17, 15) is 18.0 Å². The van der Waals surface area contributed by atoms with E-state index >= 15 is 0 Å². The minimum Gasteiger partial charge on any atom is -0.420 e. The van der Waals surface area contributed by atoms with E-state index in [1.807, 2.05) is 33.8 Å². The fourth-order valence-corrected chi connectivity index (χ4v) is 1.63. The van der Waals surface area contributed by atoms with Crippen LogP contribution in [-0.4, -0.2) is 12.1 Å². The van der Waals surface area contributed by atoms with Crippen LogP contribution >= 0.6 is 0 Å². The summed E-state index contributed by atoms with van der Waals surface area (Å²) in [6, 6.07) is 5.05. The van der Waals surface area contributed by atoms with Crippen LogP contribution in [0.15, 0.2) is 18.2 Å². The van der Waals surface area contributed by atoms with Gasteiger partial charge in [0.1, 0.15) is 5.75 Å². The van der Waals surface area contributed by atoms with Crippen LogP contribution in [0.1, 0.15) is 50.7 Å². The van der Waals surface area contributed by atoms with Gasteiger partial charge in [-0.05, 0) is 29.0 Å². The van der Waals surface area contributed by atoms with Gasteiger partial charge in [0, 0.05) is 0 Å². The molecule has 1 aromatic carbocycles. The molecule has 5 heteroatoms. The third-order valence-corrected chi connectivity index (χ3v) is 2.76. The molecule has 0 heterocycles. The highest BCUT2D eigenvalue weighted by atomic mass is 19.4. The van der Waals surface area contributed by atoms with Crippen LogP contribution in [0.3, 0.4) is 0 Å². The van der Waals surface area contributed by atoms with E-state index in [-0.39, 0.29) is 17.6 Å². The molecule has 0 amide bonds. The van der Waals surface area contributed by atoms with E-state index in [0.717, 1.165) is 5.56 Å². The molecule has 0 aliphatic heterocycles.